The van der Waals surface area contributed by atoms with Crippen LogP contribution in [0.5, 0.6) is 0 Å². The van der Waals surface area contributed by atoms with E-state index in [-0.39, 0.29) is 5.69 Å². The van der Waals surface area contributed by atoms with Crippen LogP contribution in [0.25, 0.3) is 0 Å². The standard InChI is InChI=1S/C14H21ClN2O3/c1-11(2)5-7-20-8-6-16-10-12-9-13(15)3-4-14(12)17(18)19/h3-4,9,11,16H,5-8,10H2,1-2H3. The first kappa shape index (κ1) is 16.9. The Bertz CT molecular complexity index is 438. The molecule has 0 radical (unpaired) electrons. The maximum atomic E-state index is 10.9. The summed E-state index contributed by atoms with van der Waals surface area (Å²) in [5.74, 6) is 0.636. The minimum atomic E-state index is -0.396. The highest BCUT2D eigenvalue weighted by Crippen LogP contribution is 2.22. The first-order chi connectivity index (χ1) is 9.50. The Morgan fingerprint density at radius 3 is 2.80 bits per heavy atom. The van der Waals surface area contributed by atoms with Crippen molar-refractivity contribution >= 4 is 17.3 Å². The molecular weight excluding hydrogens is 280 g/mol. The average molecular weight is 301 g/mol. The number of halogens is 1. The second-order valence-electron chi connectivity index (χ2n) is 5.00. The van der Waals surface area contributed by atoms with E-state index in [1.54, 1.807) is 6.07 Å². The molecule has 6 heteroatoms. The van der Waals surface area contributed by atoms with Crippen molar-refractivity contribution in [3.8, 4) is 0 Å². The third-order valence-corrected chi connectivity index (χ3v) is 3.05. The number of hydrogen-bond acceptors (Lipinski definition) is 4. The molecule has 1 aromatic carbocycles. The molecule has 0 saturated carbocycles. The predicted molar refractivity (Wildman–Crippen MR) is 80.1 cm³/mol. The number of hydrogen-bond donors (Lipinski definition) is 1. The lowest BCUT2D eigenvalue weighted by Gasteiger charge is -2.08. The van der Waals surface area contributed by atoms with Gasteiger partial charge in [0.1, 0.15) is 0 Å². The van der Waals surface area contributed by atoms with Crippen molar-refractivity contribution in [2.75, 3.05) is 19.8 Å². The number of benzene rings is 1. The van der Waals surface area contributed by atoms with Crippen LogP contribution in [-0.2, 0) is 11.3 Å². The van der Waals surface area contributed by atoms with Gasteiger partial charge in [-0.1, -0.05) is 25.4 Å². The molecule has 0 bridgehead atoms. The summed E-state index contributed by atoms with van der Waals surface area (Å²) in [6, 6.07) is 4.57. The summed E-state index contributed by atoms with van der Waals surface area (Å²) in [7, 11) is 0. The lowest BCUT2D eigenvalue weighted by Crippen LogP contribution is -2.20. The Morgan fingerprint density at radius 1 is 1.40 bits per heavy atom. The molecule has 0 spiro atoms. The second-order valence-corrected chi connectivity index (χ2v) is 5.44. The summed E-state index contributed by atoms with van der Waals surface area (Å²) in [5, 5.41) is 14.5. The third kappa shape index (κ3) is 6.32. The molecule has 112 valence electrons. The van der Waals surface area contributed by atoms with Crippen LogP contribution >= 0.6 is 11.6 Å². The van der Waals surface area contributed by atoms with Gasteiger partial charge in [0.2, 0.25) is 0 Å². The van der Waals surface area contributed by atoms with E-state index in [0.29, 0.717) is 36.2 Å². The minimum absolute atomic E-state index is 0.0858. The summed E-state index contributed by atoms with van der Waals surface area (Å²) < 4.78 is 5.46. The van der Waals surface area contributed by atoms with Crippen LogP contribution < -0.4 is 5.32 Å². The van der Waals surface area contributed by atoms with Gasteiger partial charge in [-0.3, -0.25) is 10.1 Å². The van der Waals surface area contributed by atoms with Crippen LogP contribution in [-0.4, -0.2) is 24.7 Å². The van der Waals surface area contributed by atoms with Crippen LogP contribution in [0, 0.1) is 16.0 Å². The first-order valence-electron chi connectivity index (χ1n) is 6.72. The molecule has 0 aliphatic carbocycles. The lowest BCUT2D eigenvalue weighted by molar-refractivity contribution is -0.385. The fraction of sp³-hybridized carbons (Fsp3) is 0.571. The van der Waals surface area contributed by atoms with E-state index in [1.165, 1.54) is 12.1 Å². The van der Waals surface area contributed by atoms with Gasteiger partial charge in [0.05, 0.1) is 11.5 Å². The Balaban J connectivity index is 2.31. The minimum Gasteiger partial charge on any atom is -0.380 e. The monoisotopic (exact) mass is 300 g/mol. The normalized spacial score (nSPS) is 11.0. The van der Waals surface area contributed by atoms with Gasteiger partial charge in [0, 0.05) is 36.3 Å². The number of ether oxygens (including phenoxy) is 1. The highest BCUT2D eigenvalue weighted by molar-refractivity contribution is 6.30. The van der Waals surface area contributed by atoms with Crippen molar-refractivity contribution in [3.63, 3.8) is 0 Å². The first-order valence-corrected chi connectivity index (χ1v) is 7.09. The molecule has 0 aromatic heterocycles. The molecule has 0 aliphatic rings. The van der Waals surface area contributed by atoms with Crippen LogP contribution in [0.2, 0.25) is 5.02 Å². The Morgan fingerprint density at radius 2 is 2.15 bits per heavy atom. The van der Waals surface area contributed by atoms with Gasteiger partial charge < -0.3 is 10.1 Å². The zero-order valence-corrected chi connectivity index (χ0v) is 12.7. The van der Waals surface area contributed by atoms with Gasteiger partial charge in [-0.25, -0.2) is 0 Å². The third-order valence-electron chi connectivity index (χ3n) is 2.82. The molecule has 0 atom stereocenters. The maximum absolute atomic E-state index is 10.9. The quantitative estimate of drug-likeness (QED) is 0.431. The number of rotatable bonds is 9. The van der Waals surface area contributed by atoms with Crippen molar-refractivity contribution in [1.29, 1.82) is 0 Å². The van der Waals surface area contributed by atoms with E-state index in [1.807, 2.05) is 0 Å². The number of nitro groups is 1. The lowest BCUT2D eigenvalue weighted by atomic mass is 10.1. The summed E-state index contributed by atoms with van der Waals surface area (Å²) in [6.45, 7) is 6.71. The van der Waals surface area contributed by atoms with Gasteiger partial charge in [-0.2, -0.15) is 0 Å². The van der Waals surface area contributed by atoms with Crippen molar-refractivity contribution in [2.24, 2.45) is 5.92 Å². The Kier molecular flexibility index (Phi) is 7.51. The van der Waals surface area contributed by atoms with Crippen molar-refractivity contribution in [1.82, 2.24) is 5.32 Å². The van der Waals surface area contributed by atoms with Crippen molar-refractivity contribution in [2.45, 2.75) is 26.8 Å². The van der Waals surface area contributed by atoms with Gasteiger partial charge in [0.15, 0.2) is 0 Å². The average Bonchev–Trinajstić information content (AvgIpc) is 2.37. The summed E-state index contributed by atoms with van der Waals surface area (Å²) in [4.78, 5) is 10.5. The molecule has 0 heterocycles. The molecule has 1 aromatic rings. The van der Waals surface area contributed by atoms with Crippen LogP contribution in [0.4, 0.5) is 5.69 Å². The fourth-order valence-electron chi connectivity index (χ4n) is 1.66. The Labute approximate surface area is 124 Å². The van der Waals surface area contributed by atoms with Crippen molar-refractivity contribution < 1.29 is 9.66 Å². The molecule has 5 nitrogen and oxygen atoms in total. The van der Waals surface area contributed by atoms with E-state index < -0.39 is 4.92 Å². The Hall–Kier alpha value is -1.17. The van der Waals surface area contributed by atoms with Gasteiger partial charge in [-0.05, 0) is 24.5 Å². The zero-order chi connectivity index (χ0) is 15.0. The van der Waals surface area contributed by atoms with Crippen molar-refractivity contribution in [3.05, 3.63) is 38.9 Å². The maximum Gasteiger partial charge on any atom is 0.273 e. The zero-order valence-electron chi connectivity index (χ0n) is 11.9. The van der Waals surface area contributed by atoms with Gasteiger partial charge in [-0.15, -0.1) is 0 Å². The number of nitrogens with zero attached hydrogens (tertiary/aromatic N) is 1. The summed E-state index contributed by atoms with van der Waals surface area (Å²) in [6.07, 6.45) is 1.04. The summed E-state index contributed by atoms with van der Waals surface area (Å²) >= 11 is 5.86. The second kappa shape index (κ2) is 8.89. The van der Waals surface area contributed by atoms with Gasteiger partial charge in [0.25, 0.3) is 5.69 Å². The molecule has 0 unspecified atom stereocenters. The van der Waals surface area contributed by atoms with E-state index in [2.05, 4.69) is 19.2 Å². The molecule has 0 fully saturated rings. The topological polar surface area (TPSA) is 64.4 Å². The van der Waals surface area contributed by atoms with Gasteiger partial charge >= 0.3 is 0 Å². The van der Waals surface area contributed by atoms with E-state index in [0.717, 1.165) is 13.0 Å². The highest BCUT2D eigenvalue weighted by Gasteiger charge is 2.13. The molecule has 20 heavy (non-hydrogen) atoms. The van der Waals surface area contributed by atoms with Crippen LogP contribution in [0.1, 0.15) is 25.8 Å². The molecular formula is C14H21ClN2O3. The number of nitrogens with one attached hydrogen (secondary N) is 1. The molecule has 0 amide bonds. The molecule has 1 rings (SSSR count). The molecule has 0 aliphatic heterocycles. The molecule has 1 N–H and O–H groups in total. The van der Waals surface area contributed by atoms with E-state index >= 15 is 0 Å². The number of nitro benzene ring substituents is 1. The summed E-state index contributed by atoms with van der Waals surface area (Å²) in [5.41, 5.74) is 0.673. The van der Waals surface area contributed by atoms with E-state index in [9.17, 15) is 10.1 Å². The molecule has 0 saturated heterocycles. The largest absolute Gasteiger partial charge is 0.380 e. The SMILES string of the molecule is CC(C)CCOCCNCc1cc(Cl)ccc1[N+](=O)[O-]. The van der Waals surface area contributed by atoms with E-state index in [4.69, 9.17) is 16.3 Å². The fourth-order valence-corrected chi connectivity index (χ4v) is 1.86. The predicted octanol–water partition coefficient (Wildman–Crippen LogP) is 3.40. The smallest absolute Gasteiger partial charge is 0.273 e. The van der Waals surface area contributed by atoms with Crippen LogP contribution in [0.15, 0.2) is 18.2 Å². The van der Waals surface area contributed by atoms with Crippen LogP contribution in [0.3, 0.4) is 0 Å². The highest BCUT2D eigenvalue weighted by atomic mass is 35.5.